The molecule has 0 aliphatic heterocycles. The van der Waals surface area contributed by atoms with Gasteiger partial charge in [-0.2, -0.15) is 0 Å². The Morgan fingerprint density at radius 2 is 2.19 bits per heavy atom. The Morgan fingerprint density at radius 3 is 2.69 bits per heavy atom. The zero-order valence-corrected chi connectivity index (χ0v) is 10.9. The number of sulfone groups is 1. The van der Waals surface area contributed by atoms with E-state index in [0.29, 0.717) is 5.75 Å². The number of hydrogen-bond donors (Lipinski definition) is 1. The van der Waals surface area contributed by atoms with E-state index in [1.165, 1.54) is 18.0 Å². The van der Waals surface area contributed by atoms with Gasteiger partial charge in [0.05, 0.1) is 17.4 Å². The van der Waals surface area contributed by atoms with Gasteiger partial charge >= 0.3 is 0 Å². The van der Waals surface area contributed by atoms with Crippen LogP contribution in [0.1, 0.15) is 11.1 Å². The largest absolute Gasteiger partial charge is 0.392 e. The molecule has 0 radical (unpaired) electrons. The lowest BCUT2D eigenvalue weighted by Gasteiger charge is -2.05. The number of thioether (sulfide) groups is 1. The highest BCUT2D eigenvalue weighted by atomic mass is 32.2. The van der Waals surface area contributed by atoms with Crippen LogP contribution in [0.3, 0.4) is 0 Å². The molecule has 0 unspecified atom stereocenters. The SMILES string of the molecule is Cc1cc(CO)cnc1SCCS(C)(=O)=O. The van der Waals surface area contributed by atoms with Crippen molar-refractivity contribution >= 4 is 21.6 Å². The third-order valence-corrected chi connectivity index (χ3v) is 4.28. The lowest BCUT2D eigenvalue weighted by molar-refractivity contribution is 0.281. The summed E-state index contributed by atoms with van der Waals surface area (Å²) in [7, 11) is -2.91. The third kappa shape index (κ3) is 4.51. The molecule has 0 spiro atoms. The molecular weight excluding hydrogens is 246 g/mol. The van der Waals surface area contributed by atoms with E-state index < -0.39 is 9.84 Å². The Bertz CT molecular complexity index is 457. The van der Waals surface area contributed by atoms with Crippen LogP contribution < -0.4 is 0 Å². The molecule has 0 aromatic carbocycles. The summed E-state index contributed by atoms with van der Waals surface area (Å²) in [4.78, 5) is 4.18. The fourth-order valence-electron chi connectivity index (χ4n) is 1.15. The van der Waals surface area contributed by atoms with E-state index in [-0.39, 0.29) is 12.4 Å². The number of aryl methyl sites for hydroxylation is 1. The van der Waals surface area contributed by atoms with Gasteiger partial charge in [0, 0.05) is 18.2 Å². The maximum Gasteiger partial charge on any atom is 0.148 e. The zero-order valence-electron chi connectivity index (χ0n) is 9.30. The summed E-state index contributed by atoms with van der Waals surface area (Å²) in [5.41, 5.74) is 1.73. The van der Waals surface area contributed by atoms with Crippen molar-refractivity contribution in [1.29, 1.82) is 0 Å². The number of pyridine rings is 1. The molecule has 0 amide bonds. The Balaban J connectivity index is 2.61. The molecule has 0 aliphatic rings. The number of nitrogens with zero attached hydrogens (tertiary/aromatic N) is 1. The molecular formula is C10H15NO3S2. The van der Waals surface area contributed by atoms with Gasteiger partial charge < -0.3 is 5.11 Å². The summed E-state index contributed by atoms with van der Waals surface area (Å²) in [5.74, 6) is 0.658. The molecule has 0 bridgehead atoms. The molecule has 0 saturated heterocycles. The number of rotatable bonds is 5. The molecule has 0 aliphatic carbocycles. The van der Waals surface area contributed by atoms with E-state index in [2.05, 4.69) is 4.98 Å². The molecule has 1 aromatic heterocycles. The minimum Gasteiger partial charge on any atom is -0.392 e. The second-order valence-corrected chi connectivity index (χ2v) is 6.95. The topological polar surface area (TPSA) is 67.3 Å². The highest BCUT2D eigenvalue weighted by molar-refractivity contribution is 8.00. The molecule has 6 heteroatoms. The van der Waals surface area contributed by atoms with Crippen LogP contribution in [0.25, 0.3) is 0 Å². The molecule has 1 N–H and O–H groups in total. The van der Waals surface area contributed by atoms with Crippen LogP contribution in [0.5, 0.6) is 0 Å². The van der Waals surface area contributed by atoms with E-state index in [1.807, 2.05) is 13.0 Å². The van der Waals surface area contributed by atoms with Crippen LogP contribution in [-0.4, -0.2) is 36.3 Å². The van der Waals surface area contributed by atoms with Crippen LogP contribution in [0, 0.1) is 6.92 Å². The van der Waals surface area contributed by atoms with Gasteiger partial charge in [0.15, 0.2) is 0 Å². The third-order valence-electron chi connectivity index (χ3n) is 1.96. The van der Waals surface area contributed by atoms with Gasteiger partial charge in [0.25, 0.3) is 0 Å². The van der Waals surface area contributed by atoms with Crippen molar-refractivity contribution in [2.75, 3.05) is 17.8 Å². The maximum atomic E-state index is 10.9. The first-order valence-electron chi connectivity index (χ1n) is 4.79. The fourth-order valence-corrected chi connectivity index (χ4v) is 3.30. The van der Waals surface area contributed by atoms with Crippen LogP contribution in [0.15, 0.2) is 17.3 Å². The molecule has 0 fully saturated rings. The Kier molecular flexibility index (Phi) is 4.76. The maximum absolute atomic E-state index is 10.9. The summed E-state index contributed by atoms with van der Waals surface area (Å²) in [6.07, 6.45) is 2.83. The van der Waals surface area contributed by atoms with Gasteiger partial charge in [-0.25, -0.2) is 13.4 Å². The lowest BCUT2D eigenvalue weighted by Crippen LogP contribution is -2.05. The quantitative estimate of drug-likeness (QED) is 0.802. The normalized spacial score (nSPS) is 11.7. The highest BCUT2D eigenvalue weighted by Gasteiger charge is 2.06. The number of hydrogen-bond acceptors (Lipinski definition) is 5. The molecule has 0 atom stereocenters. The van der Waals surface area contributed by atoms with Crippen molar-refractivity contribution < 1.29 is 13.5 Å². The standard InChI is InChI=1S/C10H15NO3S2/c1-8-5-9(7-12)6-11-10(8)15-3-4-16(2,13)14/h5-6,12H,3-4,7H2,1-2H3. The van der Waals surface area contributed by atoms with Crippen molar-refractivity contribution in [3.05, 3.63) is 23.4 Å². The predicted molar refractivity (Wildman–Crippen MR) is 65.3 cm³/mol. The summed E-state index contributed by atoms with van der Waals surface area (Å²) >= 11 is 1.42. The molecule has 1 rings (SSSR count). The minimum absolute atomic E-state index is 0.0257. The number of aromatic nitrogens is 1. The smallest absolute Gasteiger partial charge is 0.148 e. The minimum atomic E-state index is -2.91. The van der Waals surface area contributed by atoms with Crippen molar-refractivity contribution in [2.24, 2.45) is 0 Å². The fraction of sp³-hybridized carbons (Fsp3) is 0.500. The number of aliphatic hydroxyl groups excluding tert-OH is 1. The zero-order chi connectivity index (χ0) is 12.2. The van der Waals surface area contributed by atoms with E-state index in [0.717, 1.165) is 16.2 Å². The van der Waals surface area contributed by atoms with Gasteiger partial charge in [-0.1, -0.05) is 0 Å². The summed E-state index contributed by atoms with van der Waals surface area (Å²) in [6.45, 7) is 1.87. The van der Waals surface area contributed by atoms with Gasteiger partial charge in [-0.05, 0) is 24.1 Å². The van der Waals surface area contributed by atoms with E-state index in [1.54, 1.807) is 6.20 Å². The Labute approximate surface area is 100 Å². The first kappa shape index (κ1) is 13.5. The van der Waals surface area contributed by atoms with Gasteiger partial charge in [0.1, 0.15) is 9.84 Å². The predicted octanol–water partition coefficient (Wildman–Crippen LogP) is 1.02. The average molecular weight is 261 g/mol. The summed E-state index contributed by atoms with van der Waals surface area (Å²) in [6, 6.07) is 1.86. The van der Waals surface area contributed by atoms with Crippen molar-refractivity contribution in [1.82, 2.24) is 4.98 Å². The first-order valence-corrected chi connectivity index (χ1v) is 7.84. The van der Waals surface area contributed by atoms with Crippen molar-refractivity contribution in [2.45, 2.75) is 18.6 Å². The molecule has 90 valence electrons. The molecule has 1 heterocycles. The number of aliphatic hydroxyl groups is 1. The Morgan fingerprint density at radius 1 is 1.50 bits per heavy atom. The summed E-state index contributed by atoms with van der Waals surface area (Å²) < 4.78 is 21.9. The molecule has 4 nitrogen and oxygen atoms in total. The lowest BCUT2D eigenvalue weighted by atomic mass is 10.2. The van der Waals surface area contributed by atoms with Crippen LogP contribution in [-0.2, 0) is 16.4 Å². The van der Waals surface area contributed by atoms with Crippen LogP contribution in [0.2, 0.25) is 0 Å². The van der Waals surface area contributed by atoms with Crippen LogP contribution >= 0.6 is 11.8 Å². The second-order valence-electron chi connectivity index (χ2n) is 3.60. The van der Waals surface area contributed by atoms with Crippen molar-refractivity contribution in [3.8, 4) is 0 Å². The van der Waals surface area contributed by atoms with Gasteiger partial charge in [0.2, 0.25) is 0 Å². The average Bonchev–Trinajstić information content (AvgIpc) is 2.18. The monoisotopic (exact) mass is 261 g/mol. The van der Waals surface area contributed by atoms with E-state index >= 15 is 0 Å². The van der Waals surface area contributed by atoms with E-state index in [4.69, 9.17) is 5.11 Å². The first-order chi connectivity index (χ1) is 7.42. The van der Waals surface area contributed by atoms with Crippen molar-refractivity contribution in [3.63, 3.8) is 0 Å². The molecule has 16 heavy (non-hydrogen) atoms. The van der Waals surface area contributed by atoms with Gasteiger partial charge in [-0.3, -0.25) is 0 Å². The van der Waals surface area contributed by atoms with E-state index in [9.17, 15) is 8.42 Å². The Hall–Kier alpha value is -0.590. The molecule has 1 aromatic rings. The molecule has 0 saturated carbocycles. The second kappa shape index (κ2) is 5.65. The van der Waals surface area contributed by atoms with Crippen LogP contribution in [0.4, 0.5) is 0 Å². The highest BCUT2D eigenvalue weighted by Crippen LogP contribution is 2.20. The van der Waals surface area contributed by atoms with Gasteiger partial charge in [-0.15, -0.1) is 11.8 Å². The summed E-state index contributed by atoms with van der Waals surface area (Å²) in [5, 5.41) is 9.73.